The first-order valence-corrected chi connectivity index (χ1v) is 8.69. The number of amides is 1. The Labute approximate surface area is 142 Å². The number of ether oxygens (including phenoxy) is 1. The van der Waals surface area contributed by atoms with Crippen molar-refractivity contribution in [2.75, 3.05) is 26.3 Å². The zero-order valence-corrected chi connectivity index (χ0v) is 14.5. The molecule has 1 aromatic heterocycles. The number of rotatable bonds is 9. The molecule has 0 bridgehead atoms. The molecule has 1 aromatic rings. The van der Waals surface area contributed by atoms with E-state index in [1.807, 2.05) is 11.6 Å². The highest BCUT2D eigenvalue weighted by molar-refractivity contribution is 5.95. The van der Waals surface area contributed by atoms with Crippen LogP contribution in [0.15, 0.2) is 6.20 Å². The van der Waals surface area contributed by atoms with Crippen LogP contribution in [0.25, 0.3) is 0 Å². The van der Waals surface area contributed by atoms with E-state index in [0.29, 0.717) is 31.7 Å². The van der Waals surface area contributed by atoms with E-state index in [2.05, 4.69) is 5.10 Å². The predicted octanol–water partition coefficient (Wildman–Crippen LogP) is 1.81. The van der Waals surface area contributed by atoms with Crippen molar-refractivity contribution in [2.45, 2.75) is 46.1 Å². The smallest absolute Gasteiger partial charge is 0.308 e. The molecule has 1 unspecified atom stereocenters. The maximum atomic E-state index is 12.9. The van der Waals surface area contributed by atoms with E-state index in [1.54, 1.807) is 18.0 Å². The van der Waals surface area contributed by atoms with Crippen molar-refractivity contribution in [2.24, 2.45) is 5.92 Å². The molecule has 0 aromatic carbocycles. The summed E-state index contributed by atoms with van der Waals surface area (Å²) in [6.45, 7) is 6.28. The van der Waals surface area contributed by atoms with Gasteiger partial charge >= 0.3 is 5.97 Å². The van der Waals surface area contributed by atoms with Crippen LogP contribution in [-0.2, 0) is 22.5 Å². The number of aromatic nitrogens is 2. The van der Waals surface area contributed by atoms with Gasteiger partial charge in [0, 0.05) is 32.8 Å². The molecule has 0 saturated carbocycles. The lowest BCUT2D eigenvalue weighted by Gasteiger charge is -2.25. The van der Waals surface area contributed by atoms with Gasteiger partial charge in [-0.05, 0) is 32.6 Å². The number of carboxylic acids is 1. The Hall–Kier alpha value is -1.89. The summed E-state index contributed by atoms with van der Waals surface area (Å²) >= 11 is 0. The monoisotopic (exact) mass is 337 g/mol. The van der Waals surface area contributed by atoms with E-state index < -0.39 is 11.9 Å². The Morgan fingerprint density at radius 3 is 2.96 bits per heavy atom. The molecule has 0 saturated heterocycles. The molecule has 24 heavy (non-hydrogen) atoms. The summed E-state index contributed by atoms with van der Waals surface area (Å²) in [5, 5.41) is 13.5. The number of carbonyl (C=O) groups excluding carboxylic acids is 1. The van der Waals surface area contributed by atoms with E-state index in [0.717, 1.165) is 31.5 Å². The lowest BCUT2D eigenvalue weighted by atomic mass is 10.1. The molecule has 1 atom stereocenters. The zero-order chi connectivity index (χ0) is 17.5. The summed E-state index contributed by atoms with van der Waals surface area (Å²) in [5.74, 6) is -1.62. The maximum Gasteiger partial charge on any atom is 0.308 e. The van der Waals surface area contributed by atoms with E-state index in [9.17, 15) is 9.59 Å². The Morgan fingerprint density at radius 1 is 1.46 bits per heavy atom. The predicted molar refractivity (Wildman–Crippen MR) is 89.0 cm³/mol. The molecule has 7 nitrogen and oxygen atoms in total. The van der Waals surface area contributed by atoms with Gasteiger partial charge in [0.15, 0.2) is 0 Å². The highest BCUT2D eigenvalue weighted by atomic mass is 16.5. The van der Waals surface area contributed by atoms with Crippen LogP contribution < -0.4 is 0 Å². The summed E-state index contributed by atoms with van der Waals surface area (Å²) in [5.41, 5.74) is 1.59. The van der Waals surface area contributed by atoms with Crippen molar-refractivity contribution < 1.29 is 19.4 Å². The Balaban J connectivity index is 2.10. The molecule has 1 aliphatic heterocycles. The fourth-order valence-corrected chi connectivity index (χ4v) is 2.96. The van der Waals surface area contributed by atoms with Crippen molar-refractivity contribution in [3.63, 3.8) is 0 Å². The molecular formula is C17H27N3O4. The number of nitrogens with zero attached hydrogens (tertiary/aromatic N) is 3. The van der Waals surface area contributed by atoms with Gasteiger partial charge < -0.3 is 14.7 Å². The number of aliphatic carboxylic acids is 1. The average Bonchev–Trinajstić information content (AvgIpc) is 3.00. The van der Waals surface area contributed by atoms with Crippen LogP contribution in [0.3, 0.4) is 0 Å². The fourth-order valence-electron chi connectivity index (χ4n) is 2.96. The number of hydrogen-bond donors (Lipinski definition) is 1. The normalized spacial score (nSPS) is 14.9. The molecule has 7 heteroatoms. The number of aryl methyl sites for hydroxylation is 1. The second-order valence-corrected chi connectivity index (χ2v) is 6.23. The highest BCUT2D eigenvalue weighted by Crippen LogP contribution is 2.20. The Morgan fingerprint density at radius 2 is 2.25 bits per heavy atom. The third kappa shape index (κ3) is 4.56. The first kappa shape index (κ1) is 18.4. The summed E-state index contributed by atoms with van der Waals surface area (Å²) in [6.07, 6.45) is 5.31. The minimum atomic E-state index is -0.894. The van der Waals surface area contributed by atoms with Gasteiger partial charge in [0.05, 0.1) is 23.4 Å². The minimum absolute atomic E-state index is 0.122. The summed E-state index contributed by atoms with van der Waals surface area (Å²) in [7, 11) is 0. The van der Waals surface area contributed by atoms with Crippen molar-refractivity contribution in [1.29, 1.82) is 0 Å². The van der Waals surface area contributed by atoms with Crippen molar-refractivity contribution in [3.8, 4) is 0 Å². The van der Waals surface area contributed by atoms with Crippen LogP contribution in [0.5, 0.6) is 0 Å². The second kappa shape index (κ2) is 8.82. The number of fused-ring (bicyclic) bond motifs is 1. The first-order chi connectivity index (χ1) is 11.5. The van der Waals surface area contributed by atoms with Gasteiger partial charge in [-0.1, -0.05) is 6.92 Å². The molecule has 0 radical (unpaired) electrons. The van der Waals surface area contributed by atoms with E-state index in [4.69, 9.17) is 9.84 Å². The lowest BCUT2D eigenvalue weighted by Crippen LogP contribution is -2.38. The summed E-state index contributed by atoms with van der Waals surface area (Å²) < 4.78 is 7.23. The molecule has 0 fully saturated rings. The largest absolute Gasteiger partial charge is 0.481 e. The topological polar surface area (TPSA) is 84.7 Å². The van der Waals surface area contributed by atoms with E-state index in [-0.39, 0.29) is 12.5 Å². The van der Waals surface area contributed by atoms with Gasteiger partial charge in [-0.3, -0.25) is 14.3 Å². The molecular weight excluding hydrogens is 310 g/mol. The number of carboxylic acid groups (broad SMARTS) is 1. The van der Waals surface area contributed by atoms with E-state index >= 15 is 0 Å². The van der Waals surface area contributed by atoms with Crippen molar-refractivity contribution >= 4 is 11.9 Å². The standard InChI is InChI=1S/C17H27N3O4/c1-3-24-10-6-8-19(12-13(2)17(22)23)16(21)14-11-18-20-9-5-4-7-15(14)20/h11,13H,3-10,12H2,1-2H3,(H,22,23). The molecule has 1 N–H and O–H groups in total. The third-order valence-corrected chi connectivity index (χ3v) is 4.34. The minimum Gasteiger partial charge on any atom is -0.481 e. The van der Waals surface area contributed by atoms with Crippen molar-refractivity contribution in [1.82, 2.24) is 14.7 Å². The lowest BCUT2D eigenvalue weighted by molar-refractivity contribution is -0.141. The molecule has 134 valence electrons. The van der Waals surface area contributed by atoms with Crippen LogP contribution in [-0.4, -0.2) is 58.0 Å². The van der Waals surface area contributed by atoms with Crippen LogP contribution in [0, 0.1) is 5.92 Å². The SMILES string of the molecule is CCOCCCN(CC(C)C(=O)O)C(=O)c1cnn2c1CCCC2. The van der Waals surface area contributed by atoms with Gasteiger partial charge in [-0.2, -0.15) is 5.10 Å². The van der Waals surface area contributed by atoms with Crippen LogP contribution in [0.4, 0.5) is 0 Å². The molecule has 0 spiro atoms. The summed E-state index contributed by atoms with van der Waals surface area (Å²) in [4.78, 5) is 25.7. The van der Waals surface area contributed by atoms with Gasteiger partial charge in [0.1, 0.15) is 0 Å². The van der Waals surface area contributed by atoms with Crippen LogP contribution in [0.2, 0.25) is 0 Å². The number of hydrogen-bond acceptors (Lipinski definition) is 4. The van der Waals surface area contributed by atoms with Gasteiger partial charge in [0.2, 0.25) is 0 Å². The van der Waals surface area contributed by atoms with Gasteiger partial charge in [0.25, 0.3) is 5.91 Å². The van der Waals surface area contributed by atoms with Gasteiger partial charge in [-0.25, -0.2) is 0 Å². The zero-order valence-electron chi connectivity index (χ0n) is 14.5. The molecule has 2 heterocycles. The molecule has 0 aliphatic carbocycles. The number of carbonyl (C=O) groups is 2. The quantitative estimate of drug-likeness (QED) is 0.695. The van der Waals surface area contributed by atoms with Crippen LogP contribution in [0.1, 0.15) is 49.2 Å². The second-order valence-electron chi connectivity index (χ2n) is 6.23. The Bertz CT molecular complexity index is 570. The third-order valence-electron chi connectivity index (χ3n) is 4.34. The maximum absolute atomic E-state index is 12.9. The van der Waals surface area contributed by atoms with Crippen LogP contribution >= 0.6 is 0 Å². The molecule has 2 rings (SSSR count). The Kier molecular flexibility index (Phi) is 6.78. The molecule has 1 aliphatic rings. The molecule has 1 amide bonds. The highest BCUT2D eigenvalue weighted by Gasteiger charge is 2.26. The van der Waals surface area contributed by atoms with Crippen molar-refractivity contribution in [3.05, 3.63) is 17.5 Å². The van der Waals surface area contributed by atoms with E-state index in [1.165, 1.54) is 0 Å². The summed E-state index contributed by atoms with van der Waals surface area (Å²) in [6, 6.07) is 0. The average molecular weight is 337 g/mol. The van der Waals surface area contributed by atoms with Gasteiger partial charge in [-0.15, -0.1) is 0 Å². The fraction of sp³-hybridized carbons (Fsp3) is 0.706. The first-order valence-electron chi connectivity index (χ1n) is 8.69.